The second-order valence-electron chi connectivity index (χ2n) is 7.30. The third-order valence-corrected chi connectivity index (χ3v) is 6.55. The molecule has 0 saturated carbocycles. The van der Waals surface area contributed by atoms with Crippen LogP contribution >= 0.6 is 15.9 Å². The van der Waals surface area contributed by atoms with E-state index in [1.165, 1.54) is 12.1 Å². The van der Waals surface area contributed by atoms with Crippen molar-refractivity contribution >= 4 is 37.5 Å². The van der Waals surface area contributed by atoms with Crippen molar-refractivity contribution in [1.29, 1.82) is 0 Å². The van der Waals surface area contributed by atoms with E-state index in [9.17, 15) is 13.2 Å². The topological polar surface area (TPSA) is 66.5 Å². The summed E-state index contributed by atoms with van der Waals surface area (Å²) in [6.07, 6.45) is 1.11. The first-order valence-electron chi connectivity index (χ1n) is 8.92. The van der Waals surface area contributed by atoms with Crippen molar-refractivity contribution in [3.63, 3.8) is 0 Å². The van der Waals surface area contributed by atoms with E-state index in [1.807, 2.05) is 4.90 Å². The lowest BCUT2D eigenvalue weighted by Gasteiger charge is -2.35. The number of benzene rings is 2. The zero-order valence-electron chi connectivity index (χ0n) is 15.4. The van der Waals surface area contributed by atoms with Crippen molar-refractivity contribution < 1.29 is 13.2 Å². The van der Waals surface area contributed by atoms with Crippen LogP contribution in [0, 0.1) is 11.8 Å². The number of amides is 1. The summed E-state index contributed by atoms with van der Waals surface area (Å²) in [4.78, 5) is 14.8. The first-order chi connectivity index (χ1) is 12.7. The molecule has 1 amide bonds. The molecule has 0 radical (unpaired) electrons. The van der Waals surface area contributed by atoms with Crippen molar-refractivity contribution in [1.82, 2.24) is 4.90 Å². The molecule has 3 rings (SSSR count). The number of rotatable bonds is 4. The Bertz CT molecular complexity index is 918. The molecule has 2 aromatic carbocycles. The molecule has 0 bridgehead atoms. The van der Waals surface area contributed by atoms with Crippen LogP contribution in [-0.2, 0) is 10.0 Å². The Morgan fingerprint density at radius 2 is 1.70 bits per heavy atom. The summed E-state index contributed by atoms with van der Waals surface area (Å²) in [5.74, 6) is 0.779. The highest BCUT2D eigenvalue weighted by Gasteiger charge is 2.27. The lowest BCUT2D eigenvalue weighted by molar-refractivity contribution is 0.0623. The van der Waals surface area contributed by atoms with E-state index >= 15 is 0 Å². The van der Waals surface area contributed by atoms with E-state index in [1.54, 1.807) is 36.4 Å². The molecule has 27 heavy (non-hydrogen) atoms. The van der Waals surface area contributed by atoms with E-state index < -0.39 is 10.0 Å². The number of halogens is 1. The summed E-state index contributed by atoms with van der Waals surface area (Å²) in [7, 11) is -3.77. The number of nitrogens with zero attached hydrogens (tertiary/aromatic N) is 1. The molecule has 1 saturated heterocycles. The molecule has 1 aliphatic heterocycles. The summed E-state index contributed by atoms with van der Waals surface area (Å²) in [6, 6.07) is 13.1. The van der Waals surface area contributed by atoms with Crippen LogP contribution in [0.25, 0.3) is 0 Å². The molecule has 2 atom stereocenters. The monoisotopic (exact) mass is 450 g/mol. The van der Waals surface area contributed by atoms with Crippen LogP contribution in [0.15, 0.2) is 57.9 Å². The van der Waals surface area contributed by atoms with Crippen LogP contribution in [0.3, 0.4) is 0 Å². The standard InChI is InChI=1S/C20H23BrN2O3S/c1-14-10-15(2)13-23(12-14)20(24)16-4-3-5-19(11-16)27(25,26)22-18-8-6-17(21)7-9-18/h3-9,11,14-15,22H,10,12-13H2,1-2H3. The van der Waals surface area contributed by atoms with Crippen LogP contribution < -0.4 is 4.72 Å². The van der Waals surface area contributed by atoms with E-state index in [-0.39, 0.29) is 10.8 Å². The lowest BCUT2D eigenvalue weighted by Crippen LogP contribution is -2.42. The van der Waals surface area contributed by atoms with Crippen molar-refractivity contribution in [2.24, 2.45) is 11.8 Å². The maximum Gasteiger partial charge on any atom is 0.261 e. The highest BCUT2D eigenvalue weighted by atomic mass is 79.9. The van der Waals surface area contributed by atoms with Gasteiger partial charge in [-0.05, 0) is 60.7 Å². The van der Waals surface area contributed by atoms with E-state index in [4.69, 9.17) is 0 Å². The normalized spacial score (nSPS) is 20.3. The molecule has 0 aromatic heterocycles. The van der Waals surface area contributed by atoms with Crippen LogP contribution in [0.1, 0.15) is 30.6 Å². The SMILES string of the molecule is CC1CC(C)CN(C(=O)c2cccc(S(=O)(=O)Nc3ccc(Br)cc3)c2)C1. The average Bonchev–Trinajstić information content (AvgIpc) is 2.62. The van der Waals surface area contributed by atoms with Crippen LogP contribution in [0.2, 0.25) is 0 Å². The largest absolute Gasteiger partial charge is 0.338 e. The van der Waals surface area contributed by atoms with Gasteiger partial charge in [-0.2, -0.15) is 0 Å². The zero-order valence-corrected chi connectivity index (χ0v) is 17.8. The van der Waals surface area contributed by atoms with Gasteiger partial charge in [0, 0.05) is 28.8 Å². The Hall–Kier alpha value is -1.86. The summed E-state index contributed by atoms with van der Waals surface area (Å²) >= 11 is 3.32. The molecule has 0 aliphatic carbocycles. The van der Waals surface area contributed by atoms with Gasteiger partial charge in [-0.25, -0.2) is 8.42 Å². The summed E-state index contributed by atoms with van der Waals surface area (Å²) in [5.41, 5.74) is 0.864. The summed E-state index contributed by atoms with van der Waals surface area (Å²) in [6.45, 7) is 5.69. The van der Waals surface area contributed by atoms with Crippen molar-refractivity contribution in [2.45, 2.75) is 25.2 Å². The Labute approximate surface area is 169 Å². The number of sulfonamides is 1. The predicted molar refractivity (Wildman–Crippen MR) is 110 cm³/mol. The summed E-state index contributed by atoms with van der Waals surface area (Å²) in [5, 5.41) is 0. The van der Waals surface area contributed by atoms with Gasteiger partial charge < -0.3 is 4.90 Å². The molecule has 0 spiro atoms. The van der Waals surface area contributed by atoms with Gasteiger partial charge in [0.25, 0.3) is 15.9 Å². The third kappa shape index (κ3) is 4.90. The highest BCUT2D eigenvalue weighted by Crippen LogP contribution is 2.24. The molecule has 1 fully saturated rings. The van der Waals surface area contributed by atoms with Gasteiger partial charge in [0.05, 0.1) is 4.90 Å². The number of piperidine rings is 1. The first-order valence-corrected chi connectivity index (χ1v) is 11.2. The fraction of sp³-hybridized carbons (Fsp3) is 0.350. The minimum absolute atomic E-state index is 0.0781. The molecule has 1 heterocycles. The molecule has 144 valence electrons. The fourth-order valence-electron chi connectivity index (χ4n) is 3.54. The van der Waals surface area contributed by atoms with Gasteiger partial charge in [-0.15, -0.1) is 0 Å². The zero-order chi connectivity index (χ0) is 19.6. The van der Waals surface area contributed by atoms with Gasteiger partial charge >= 0.3 is 0 Å². The second-order valence-corrected chi connectivity index (χ2v) is 9.89. The quantitative estimate of drug-likeness (QED) is 0.751. The van der Waals surface area contributed by atoms with Crippen LogP contribution in [0.4, 0.5) is 5.69 Å². The number of hydrogen-bond acceptors (Lipinski definition) is 3. The molecule has 1 N–H and O–H groups in total. The predicted octanol–water partition coefficient (Wildman–Crippen LogP) is 4.37. The van der Waals surface area contributed by atoms with E-state index in [0.29, 0.717) is 36.2 Å². The van der Waals surface area contributed by atoms with Crippen LogP contribution in [-0.4, -0.2) is 32.3 Å². The highest BCUT2D eigenvalue weighted by molar-refractivity contribution is 9.10. The van der Waals surface area contributed by atoms with Crippen molar-refractivity contribution in [2.75, 3.05) is 17.8 Å². The number of carbonyl (C=O) groups is 1. The fourth-order valence-corrected chi connectivity index (χ4v) is 4.91. The smallest absolute Gasteiger partial charge is 0.261 e. The Kier molecular flexibility index (Phi) is 5.91. The molecule has 7 heteroatoms. The van der Waals surface area contributed by atoms with Gasteiger partial charge in [0.1, 0.15) is 0 Å². The van der Waals surface area contributed by atoms with Crippen molar-refractivity contribution in [3.8, 4) is 0 Å². The second kappa shape index (κ2) is 8.02. The van der Waals surface area contributed by atoms with Gasteiger partial charge in [0.15, 0.2) is 0 Å². The van der Waals surface area contributed by atoms with E-state index in [2.05, 4.69) is 34.5 Å². The van der Waals surface area contributed by atoms with Gasteiger partial charge in [0.2, 0.25) is 0 Å². The third-order valence-electron chi connectivity index (χ3n) is 4.64. The molecule has 1 aliphatic rings. The Balaban J connectivity index is 1.82. The lowest BCUT2D eigenvalue weighted by atomic mass is 9.91. The molecule has 2 unspecified atom stereocenters. The maximum atomic E-state index is 12.9. The van der Waals surface area contributed by atoms with Crippen LogP contribution in [0.5, 0.6) is 0 Å². The van der Waals surface area contributed by atoms with Gasteiger partial charge in [-0.3, -0.25) is 9.52 Å². The van der Waals surface area contributed by atoms with Gasteiger partial charge in [-0.1, -0.05) is 35.8 Å². The average molecular weight is 451 g/mol. The number of likely N-dealkylation sites (tertiary alicyclic amines) is 1. The molecular weight excluding hydrogens is 428 g/mol. The molecular formula is C20H23BrN2O3S. The minimum atomic E-state index is -3.77. The number of nitrogens with one attached hydrogen (secondary N) is 1. The number of carbonyl (C=O) groups excluding carboxylic acids is 1. The Morgan fingerprint density at radius 1 is 1.07 bits per heavy atom. The summed E-state index contributed by atoms with van der Waals surface area (Å²) < 4.78 is 28.8. The molecule has 5 nitrogen and oxygen atoms in total. The first kappa shape index (κ1) is 19.9. The van der Waals surface area contributed by atoms with Crippen molar-refractivity contribution in [3.05, 3.63) is 58.6 Å². The number of hydrogen-bond donors (Lipinski definition) is 1. The molecule has 2 aromatic rings. The maximum absolute atomic E-state index is 12.9. The number of anilines is 1. The Morgan fingerprint density at radius 3 is 2.33 bits per heavy atom. The minimum Gasteiger partial charge on any atom is -0.338 e. The van der Waals surface area contributed by atoms with E-state index in [0.717, 1.165) is 10.9 Å².